The van der Waals surface area contributed by atoms with E-state index < -0.39 is 0 Å². The van der Waals surface area contributed by atoms with Crippen molar-refractivity contribution in [2.75, 3.05) is 7.05 Å². The van der Waals surface area contributed by atoms with Crippen LogP contribution in [0.4, 0.5) is 0 Å². The van der Waals surface area contributed by atoms with Crippen LogP contribution < -0.4 is 0 Å². The summed E-state index contributed by atoms with van der Waals surface area (Å²) in [6.07, 6.45) is 0. The Morgan fingerprint density at radius 3 is 3.00 bits per heavy atom. The van der Waals surface area contributed by atoms with Gasteiger partial charge in [-0.2, -0.15) is 0 Å². The number of thioether (sulfide) groups is 1. The summed E-state index contributed by atoms with van der Waals surface area (Å²) in [4.78, 5) is 16.9. The monoisotopic (exact) mass is 156 g/mol. The molecule has 0 aromatic carbocycles. The Balaban J connectivity index is 2.21. The fraction of sp³-hybridized carbons (Fsp3) is 0.667. The summed E-state index contributed by atoms with van der Waals surface area (Å²) in [6.45, 7) is 1.95. The Hall–Kier alpha value is -0.510. The second kappa shape index (κ2) is 1.75. The third-order valence-corrected chi connectivity index (χ3v) is 3.13. The first kappa shape index (κ1) is 6.22. The quantitative estimate of drug-likeness (QED) is 0.473. The summed E-state index contributed by atoms with van der Waals surface area (Å²) in [6, 6.07) is -0.0463. The van der Waals surface area contributed by atoms with Gasteiger partial charge in [-0.15, -0.1) is 0 Å². The van der Waals surface area contributed by atoms with Gasteiger partial charge in [0.25, 0.3) is 5.91 Å². The molecule has 0 bridgehead atoms. The maximum Gasteiger partial charge on any atom is 0.251 e. The van der Waals surface area contributed by atoms with Gasteiger partial charge in [-0.05, 0) is 6.92 Å². The van der Waals surface area contributed by atoms with Crippen molar-refractivity contribution in [2.45, 2.75) is 18.3 Å². The Bertz CT molecular complexity index is 226. The number of hydrogen-bond acceptors (Lipinski definition) is 3. The number of β-lactam (4-membered cyclic amide) rings is 1. The first-order valence-electron chi connectivity index (χ1n) is 3.18. The fourth-order valence-electron chi connectivity index (χ4n) is 1.25. The van der Waals surface area contributed by atoms with E-state index in [1.807, 2.05) is 14.0 Å². The summed E-state index contributed by atoms with van der Waals surface area (Å²) in [7, 11) is 1.82. The molecule has 2 rings (SSSR count). The number of amides is 1. The standard InChI is InChI=1S/C6H8N2OS/c1-3-7-4-5(9)8(2)6(4)10-3/h4,6H,1-2H3. The van der Waals surface area contributed by atoms with Gasteiger partial charge in [-0.25, -0.2) is 0 Å². The zero-order valence-electron chi connectivity index (χ0n) is 5.87. The summed E-state index contributed by atoms with van der Waals surface area (Å²) < 4.78 is 0. The van der Waals surface area contributed by atoms with Crippen molar-refractivity contribution in [1.82, 2.24) is 4.90 Å². The van der Waals surface area contributed by atoms with Crippen LogP contribution in [0.2, 0.25) is 0 Å². The van der Waals surface area contributed by atoms with Crippen molar-refractivity contribution in [2.24, 2.45) is 4.99 Å². The number of likely N-dealkylation sites (N-methyl/N-ethyl adjacent to an activating group) is 1. The minimum atomic E-state index is -0.0463. The second-order valence-electron chi connectivity index (χ2n) is 2.55. The number of hydrogen-bond donors (Lipinski definition) is 0. The molecule has 0 aromatic heterocycles. The number of rotatable bonds is 0. The maximum absolute atomic E-state index is 11.0. The molecule has 0 radical (unpaired) electrons. The molecule has 1 amide bonds. The summed E-state index contributed by atoms with van der Waals surface area (Å²) in [5.74, 6) is 0.161. The summed E-state index contributed by atoms with van der Waals surface area (Å²) in [5.41, 5.74) is 0. The first-order valence-corrected chi connectivity index (χ1v) is 4.06. The van der Waals surface area contributed by atoms with Gasteiger partial charge in [0.15, 0.2) is 6.04 Å². The lowest BCUT2D eigenvalue weighted by molar-refractivity contribution is -0.141. The Kier molecular flexibility index (Phi) is 1.09. The molecule has 0 N–H and O–H groups in total. The van der Waals surface area contributed by atoms with Gasteiger partial charge in [-0.1, -0.05) is 11.8 Å². The van der Waals surface area contributed by atoms with Crippen molar-refractivity contribution >= 4 is 22.7 Å². The van der Waals surface area contributed by atoms with E-state index in [-0.39, 0.29) is 11.9 Å². The molecule has 0 spiro atoms. The largest absolute Gasteiger partial charge is 0.329 e. The number of fused-ring (bicyclic) bond motifs is 1. The van der Waals surface area contributed by atoms with Crippen LogP contribution in [0.5, 0.6) is 0 Å². The lowest BCUT2D eigenvalue weighted by Crippen LogP contribution is -2.58. The van der Waals surface area contributed by atoms with Gasteiger partial charge in [0.05, 0.1) is 5.04 Å². The van der Waals surface area contributed by atoms with Crippen LogP contribution in [0, 0.1) is 0 Å². The van der Waals surface area contributed by atoms with Gasteiger partial charge in [0.2, 0.25) is 0 Å². The highest BCUT2D eigenvalue weighted by atomic mass is 32.2. The van der Waals surface area contributed by atoms with Crippen molar-refractivity contribution < 1.29 is 4.79 Å². The predicted molar refractivity (Wildman–Crippen MR) is 41.0 cm³/mol. The SMILES string of the molecule is CC1=NC2C(=O)N(C)C2S1. The number of carbonyl (C=O) groups excluding carboxylic acids is 1. The van der Waals surface area contributed by atoms with Crippen LogP contribution >= 0.6 is 11.8 Å². The molecule has 4 heteroatoms. The normalized spacial score (nSPS) is 37.2. The minimum Gasteiger partial charge on any atom is -0.329 e. The molecule has 2 unspecified atom stereocenters. The topological polar surface area (TPSA) is 32.7 Å². The van der Waals surface area contributed by atoms with Crippen LogP contribution in [0.3, 0.4) is 0 Å². The molecule has 0 aromatic rings. The Labute approximate surface area is 63.5 Å². The lowest BCUT2D eigenvalue weighted by Gasteiger charge is -2.37. The average molecular weight is 156 g/mol. The molecule has 2 aliphatic rings. The van der Waals surface area contributed by atoms with E-state index in [0.29, 0.717) is 5.37 Å². The van der Waals surface area contributed by atoms with E-state index in [1.54, 1.807) is 16.7 Å². The molecule has 2 aliphatic heterocycles. The highest BCUT2D eigenvalue weighted by Crippen LogP contribution is 2.37. The van der Waals surface area contributed by atoms with E-state index in [1.165, 1.54) is 0 Å². The lowest BCUT2D eigenvalue weighted by atomic mass is 10.1. The van der Waals surface area contributed by atoms with E-state index in [4.69, 9.17) is 0 Å². The smallest absolute Gasteiger partial charge is 0.251 e. The molecule has 1 fully saturated rings. The highest BCUT2D eigenvalue weighted by Gasteiger charge is 2.49. The van der Waals surface area contributed by atoms with Gasteiger partial charge in [0, 0.05) is 7.05 Å². The second-order valence-corrected chi connectivity index (χ2v) is 3.86. The van der Waals surface area contributed by atoms with Crippen LogP contribution in [-0.2, 0) is 4.79 Å². The van der Waals surface area contributed by atoms with Crippen molar-refractivity contribution in [3.05, 3.63) is 0 Å². The highest BCUT2D eigenvalue weighted by molar-refractivity contribution is 8.14. The van der Waals surface area contributed by atoms with Gasteiger partial charge >= 0.3 is 0 Å². The molecule has 0 saturated carbocycles. The average Bonchev–Trinajstić information content (AvgIpc) is 2.27. The van der Waals surface area contributed by atoms with Crippen LogP contribution in [0.15, 0.2) is 4.99 Å². The van der Waals surface area contributed by atoms with Crippen molar-refractivity contribution in [3.63, 3.8) is 0 Å². The molecule has 54 valence electrons. The van der Waals surface area contributed by atoms with E-state index in [0.717, 1.165) is 5.04 Å². The molecule has 2 atom stereocenters. The van der Waals surface area contributed by atoms with Gasteiger partial charge in [0.1, 0.15) is 5.37 Å². The van der Waals surface area contributed by atoms with Crippen LogP contribution in [0.25, 0.3) is 0 Å². The first-order chi connectivity index (χ1) is 4.70. The van der Waals surface area contributed by atoms with Crippen LogP contribution in [-0.4, -0.2) is 34.3 Å². The molecular weight excluding hydrogens is 148 g/mol. The molecular formula is C6H8N2OS. The minimum absolute atomic E-state index is 0.0463. The molecule has 0 aliphatic carbocycles. The third kappa shape index (κ3) is 0.572. The fourth-order valence-corrected chi connectivity index (χ4v) is 2.34. The predicted octanol–water partition coefficient (Wildman–Crippen LogP) is 0.318. The number of likely N-dealkylation sites (tertiary alicyclic amines) is 1. The zero-order chi connectivity index (χ0) is 7.30. The molecule has 1 saturated heterocycles. The van der Waals surface area contributed by atoms with E-state index in [2.05, 4.69) is 4.99 Å². The maximum atomic E-state index is 11.0. The molecule has 10 heavy (non-hydrogen) atoms. The Morgan fingerprint density at radius 1 is 1.70 bits per heavy atom. The summed E-state index contributed by atoms with van der Waals surface area (Å²) >= 11 is 1.68. The van der Waals surface area contributed by atoms with Crippen molar-refractivity contribution in [1.29, 1.82) is 0 Å². The van der Waals surface area contributed by atoms with Gasteiger partial charge in [-0.3, -0.25) is 9.79 Å². The third-order valence-electron chi connectivity index (χ3n) is 1.86. The number of aliphatic imine (C=N–C) groups is 1. The summed E-state index contributed by atoms with van der Waals surface area (Å²) in [5, 5.41) is 1.35. The van der Waals surface area contributed by atoms with Gasteiger partial charge < -0.3 is 4.90 Å². The van der Waals surface area contributed by atoms with Crippen molar-refractivity contribution in [3.8, 4) is 0 Å². The van der Waals surface area contributed by atoms with Crippen LogP contribution in [0.1, 0.15) is 6.92 Å². The zero-order valence-corrected chi connectivity index (χ0v) is 6.68. The van der Waals surface area contributed by atoms with E-state index in [9.17, 15) is 4.79 Å². The molecule has 3 nitrogen and oxygen atoms in total. The van der Waals surface area contributed by atoms with E-state index >= 15 is 0 Å². The number of carbonyl (C=O) groups is 1. The molecule has 2 heterocycles. The Morgan fingerprint density at radius 2 is 2.40 bits per heavy atom. The number of nitrogens with zero attached hydrogens (tertiary/aromatic N) is 2.